The molecule has 0 saturated heterocycles. The van der Waals surface area contributed by atoms with E-state index in [4.69, 9.17) is 9.84 Å². The van der Waals surface area contributed by atoms with E-state index in [1.165, 1.54) is 0 Å². The minimum atomic E-state index is -0.215. The number of nitrogens with zero attached hydrogens (tertiary/aromatic N) is 1. The van der Waals surface area contributed by atoms with Gasteiger partial charge in [-0.15, -0.1) is 0 Å². The molecule has 0 aliphatic carbocycles. The summed E-state index contributed by atoms with van der Waals surface area (Å²) in [6.07, 6.45) is 0.344. The molecule has 0 saturated carbocycles. The van der Waals surface area contributed by atoms with Crippen molar-refractivity contribution in [1.29, 1.82) is 0 Å². The average molecular weight is 220 g/mol. The molecule has 5 heteroatoms. The maximum atomic E-state index is 11.7. The third-order valence-corrected chi connectivity index (χ3v) is 2.31. The Labute approximate surface area is 91.7 Å². The zero-order valence-electron chi connectivity index (χ0n) is 8.86. The summed E-state index contributed by atoms with van der Waals surface area (Å²) >= 11 is 0. The quantitative estimate of drug-likeness (QED) is 0.788. The van der Waals surface area contributed by atoms with Gasteiger partial charge in [-0.2, -0.15) is 0 Å². The highest BCUT2D eigenvalue weighted by atomic mass is 16.5. The van der Waals surface area contributed by atoms with Gasteiger partial charge >= 0.3 is 0 Å². The Morgan fingerprint density at radius 1 is 1.50 bits per heavy atom. The minimum absolute atomic E-state index is 0.0371. The predicted octanol–water partition coefficient (Wildman–Crippen LogP) is 0.467. The van der Waals surface area contributed by atoms with Gasteiger partial charge in [-0.3, -0.25) is 4.79 Å². The van der Waals surface area contributed by atoms with E-state index in [9.17, 15) is 4.79 Å². The maximum Gasteiger partial charge on any atom is 0.258 e. The van der Waals surface area contributed by atoms with Crippen LogP contribution in [0.1, 0.15) is 5.82 Å². The summed E-state index contributed by atoms with van der Waals surface area (Å²) in [5.74, 6) is 1.11. The van der Waals surface area contributed by atoms with E-state index in [1.54, 1.807) is 25.3 Å². The zero-order chi connectivity index (χ0) is 11.5. The van der Waals surface area contributed by atoms with Crippen LogP contribution >= 0.6 is 0 Å². The molecular weight excluding hydrogens is 208 g/mol. The second-order valence-corrected chi connectivity index (χ2v) is 3.37. The number of fused-ring (bicyclic) bond motifs is 1. The summed E-state index contributed by atoms with van der Waals surface area (Å²) in [5, 5.41) is 9.27. The topological polar surface area (TPSA) is 75.2 Å². The highest BCUT2D eigenvalue weighted by molar-refractivity contribution is 5.79. The van der Waals surface area contributed by atoms with Crippen LogP contribution in [0.2, 0.25) is 0 Å². The Morgan fingerprint density at radius 3 is 3.00 bits per heavy atom. The third-order valence-electron chi connectivity index (χ3n) is 2.31. The standard InChI is InChI=1S/C11H12N2O3/c1-16-7-2-3-9-8(6-7)11(15)13-10(12-9)4-5-14/h2-3,6,14H,4-5H2,1H3,(H,12,13,15). The van der Waals surface area contributed by atoms with Crippen LogP contribution in [0.4, 0.5) is 0 Å². The van der Waals surface area contributed by atoms with Crippen LogP contribution in [-0.2, 0) is 6.42 Å². The molecule has 84 valence electrons. The normalized spacial score (nSPS) is 10.6. The molecule has 16 heavy (non-hydrogen) atoms. The molecule has 0 aliphatic rings. The molecule has 0 unspecified atom stereocenters. The summed E-state index contributed by atoms with van der Waals surface area (Å²) in [5.41, 5.74) is 0.389. The van der Waals surface area contributed by atoms with Gasteiger partial charge in [0.2, 0.25) is 0 Å². The number of aliphatic hydroxyl groups excluding tert-OH is 1. The molecule has 0 bridgehead atoms. The maximum absolute atomic E-state index is 11.7. The Morgan fingerprint density at radius 2 is 2.31 bits per heavy atom. The molecule has 1 heterocycles. The number of hydrogen-bond donors (Lipinski definition) is 2. The van der Waals surface area contributed by atoms with E-state index in [0.29, 0.717) is 28.9 Å². The van der Waals surface area contributed by atoms with Crippen LogP contribution in [0.5, 0.6) is 5.75 Å². The number of aromatic nitrogens is 2. The lowest BCUT2D eigenvalue weighted by Crippen LogP contribution is -2.12. The number of nitrogens with one attached hydrogen (secondary N) is 1. The van der Waals surface area contributed by atoms with E-state index in [2.05, 4.69) is 9.97 Å². The smallest absolute Gasteiger partial charge is 0.258 e. The van der Waals surface area contributed by atoms with Gasteiger partial charge in [-0.25, -0.2) is 4.98 Å². The van der Waals surface area contributed by atoms with Crippen molar-refractivity contribution in [3.05, 3.63) is 34.4 Å². The van der Waals surface area contributed by atoms with Gasteiger partial charge in [0, 0.05) is 6.42 Å². The van der Waals surface area contributed by atoms with Gasteiger partial charge in [0.05, 0.1) is 24.6 Å². The first-order valence-electron chi connectivity index (χ1n) is 4.92. The molecule has 1 aromatic carbocycles. The monoisotopic (exact) mass is 220 g/mol. The van der Waals surface area contributed by atoms with Crippen LogP contribution in [0.15, 0.2) is 23.0 Å². The van der Waals surface area contributed by atoms with Crippen LogP contribution in [-0.4, -0.2) is 28.8 Å². The summed E-state index contributed by atoms with van der Waals surface area (Å²) in [7, 11) is 1.54. The SMILES string of the molecule is COc1ccc2nc(CCO)[nH]c(=O)c2c1. The summed E-state index contributed by atoms with van der Waals surface area (Å²) in [6, 6.07) is 5.12. The molecule has 0 aliphatic heterocycles. The number of ether oxygens (including phenoxy) is 1. The van der Waals surface area contributed by atoms with E-state index < -0.39 is 0 Å². The molecule has 0 fully saturated rings. The largest absolute Gasteiger partial charge is 0.497 e. The van der Waals surface area contributed by atoms with Gasteiger partial charge in [0.15, 0.2) is 0 Å². The lowest BCUT2D eigenvalue weighted by atomic mass is 10.2. The molecule has 0 radical (unpaired) electrons. The first-order valence-corrected chi connectivity index (χ1v) is 4.92. The number of rotatable bonds is 3. The number of aliphatic hydroxyl groups is 1. The van der Waals surface area contributed by atoms with Crippen molar-refractivity contribution >= 4 is 10.9 Å². The fourth-order valence-corrected chi connectivity index (χ4v) is 1.52. The van der Waals surface area contributed by atoms with Gasteiger partial charge in [0.1, 0.15) is 11.6 Å². The molecule has 0 amide bonds. The molecular formula is C11H12N2O3. The van der Waals surface area contributed by atoms with Gasteiger partial charge in [0.25, 0.3) is 5.56 Å². The van der Waals surface area contributed by atoms with Crippen molar-refractivity contribution in [3.8, 4) is 5.75 Å². The first-order chi connectivity index (χ1) is 7.74. The van der Waals surface area contributed by atoms with Gasteiger partial charge < -0.3 is 14.8 Å². The predicted molar refractivity (Wildman–Crippen MR) is 59.7 cm³/mol. The highest BCUT2D eigenvalue weighted by Gasteiger charge is 2.04. The lowest BCUT2D eigenvalue weighted by molar-refractivity contribution is 0.296. The minimum Gasteiger partial charge on any atom is -0.497 e. The molecule has 5 nitrogen and oxygen atoms in total. The van der Waals surface area contributed by atoms with Crippen molar-refractivity contribution in [2.24, 2.45) is 0 Å². The van der Waals surface area contributed by atoms with E-state index in [0.717, 1.165) is 0 Å². The summed E-state index contributed by atoms with van der Waals surface area (Å²) in [6.45, 7) is -0.0371. The van der Waals surface area contributed by atoms with Gasteiger partial charge in [-0.05, 0) is 18.2 Å². The fourth-order valence-electron chi connectivity index (χ4n) is 1.52. The Hall–Kier alpha value is -1.88. The lowest BCUT2D eigenvalue weighted by Gasteiger charge is -2.03. The number of H-pyrrole nitrogens is 1. The Balaban J connectivity index is 2.62. The third kappa shape index (κ3) is 1.90. The Kier molecular flexibility index (Phi) is 2.87. The molecule has 1 aromatic heterocycles. The van der Waals surface area contributed by atoms with E-state index >= 15 is 0 Å². The van der Waals surface area contributed by atoms with Crippen LogP contribution in [0.3, 0.4) is 0 Å². The van der Waals surface area contributed by atoms with Crippen LogP contribution in [0.25, 0.3) is 10.9 Å². The van der Waals surface area contributed by atoms with Crippen molar-refractivity contribution in [1.82, 2.24) is 9.97 Å². The molecule has 2 aromatic rings. The van der Waals surface area contributed by atoms with Crippen molar-refractivity contribution < 1.29 is 9.84 Å². The molecule has 0 atom stereocenters. The second kappa shape index (κ2) is 4.32. The van der Waals surface area contributed by atoms with E-state index in [-0.39, 0.29) is 12.2 Å². The second-order valence-electron chi connectivity index (χ2n) is 3.37. The van der Waals surface area contributed by atoms with Crippen LogP contribution < -0.4 is 10.3 Å². The molecule has 0 spiro atoms. The average Bonchev–Trinajstić information content (AvgIpc) is 2.29. The zero-order valence-corrected chi connectivity index (χ0v) is 8.86. The summed E-state index contributed by atoms with van der Waals surface area (Å²) < 4.78 is 5.03. The van der Waals surface area contributed by atoms with Crippen molar-refractivity contribution in [2.45, 2.75) is 6.42 Å². The molecule has 2 N–H and O–H groups in total. The number of hydrogen-bond acceptors (Lipinski definition) is 4. The van der Waals surface area contributed by atoms with Crippen LogP contribution in [0, 0.1) is 0 Å². The fraction of sp³-hybridized carbons (Fsp3) is 0.273. The van der Waals surface area contributed by atoms with Crippen molar-refractivity contribution in [2.75, 3.05) is 13.7 Å². The van der Waals surface area contributed by atoms with E-state index in [1.807, 2.05) is 0 Å². The number of aromatic amines is 1. The summed E-state index contributed by atoms with van der Waals surface area (Å²) in [4.78, 5) is 18.6. The number of methoxy groups -OCH3 is 1. The molecule has 2 rings (SSSR count). The van der Waals surface area contributed by atoms with Gasteiger partial charge in [-0.1, -0.05) is 0 Å². The number of benzene rings is 1. The Bertz CT molecular complexity index is 563. The van der Waals surface area contributed by atoms with Crippen molar-refractivity contribution in [3.63, 3.8) is 0 Å². The first kappa shape index (κ1) is 10.6. The highest BCUT2D eigenvalue weighted by Crippen LogP contribution is 2.15.